The topological polar surface area (TPSA) is 52.7 Å². The predicted octanol–water partition coefficient (Wildman–Crippen LogP) is 1.67. The number of piperidine rings is 1. The highest BCUT2D eigenvalue weighted by atomic mass is 32.2. The molecule has 120 valence electrons. The van der Waals surface area contributed by atoms with Crippen molar-refractivity contribution in [1.29, 1.82) is 0 Å². The third-order valence-electron chi connectivity index (χ3n) is 3.89. The van der Waals surface area contributed by atoms with Crippen LogP contribution in [0.25, 0.3) is 0 Å². The molecule has 0 saturated carbocycles. The van der Waals surface area contributed by atoms with Crippen molar-refractivity contribution in [2.24, 2.45) is 5.92 Å². The van der Waals surface area contributed by atoms with E-state index in [1.807, 2.05) is 13.8 Å². The molecule has 20 heavy (non-hydrogen) atoms. The van der Waals surface area contributed by atoms with Gasteiger partial charge in [0.15, 0.2) is 0 Å². The van der Waals surface area contributed by atoms with Gasteiger partial charge in [-0.15, -0.1) is 0 Å². The van der Waals surface area contributed by atoms with Gasteiger partial charge in [-0.25, -0.2) is 0 Å². The van der Waals surface area contributed by atoms with Gasteiger partial charge in [-0.1, -0.05) is 20.3 Å². The van der Waals surface area contributed by atoms with Crippen molar-refractivity contribution < 1.29 is 8.42 Å². The van der Waals surface area contributed by atoms with Gasteiger partial charge in [0.25, 0.3) is 10.2 Å². The summed E-state index contributed by atoms with van der Waals surface area (Å²) in [5.41, 5.74) is 0. The highest BCUT2D eigenvalue weighted by Gasteiger charge is 2.35. The minimum absolute atomic E-state index is 0.00815. The summed E-state index contributed by atoms with van der Waals surface area (Å²) in [4.78, 5) is 0. The van der Waals surface area contributed by atoms with Crippen molar-refractivity contribution in [1.82, 2.24) is 13.9 Å². The van der Waals surface area contributed by atoms with Gasteiger partial charge in [0.1, 0.15) is 0 Å². The third kappa shape index (κ3) is 4.69. The quantitative estimate of drug-likeness (QED) is 0.778. The summed E-state index contributed by atoms with van der Waals surface area (Å²) in [5.74, 6) is 0.585. The molecule has 1 aliphatic rings. The average molecular weight is 305 g/mol. The Labute approximate surface area is 124 Å². The lowest BCUT2D eigenvalue weighted by atomic mass is 10.0. The Kier molecular flexibility index (Phi) is 6.91. The lowest BCUT2D eigenvalue weighted by molar-refractivity contribution is 0.224. The molecule has 6 heteroatoms. The SMILES string of the molecule is CC(C)CNCC1CCCCN1S(=O)(=O)N(C)C(C)C. The smallest absolute Gasteiger partial charge is 0.282 e. The fourth-order valence-corrected chi connectivity index (χ4v) is 4.23. The van der Waals surface area contributed by atoms with E-state index in [0.29, 0.717) is 12.5 Å². The van der Waals surface area contributed by atoms with Crippen LogP contribution in [0.4, 0.5) is 0 Å². The molecule has 1 fully saturated rings. The van der Waals surface area contributed by atoms with E-state index in [4.69, 9.17) is 0 Å². The van der Waals surface area contributed by atoms with Crippen molar-refractivity contribution >= 4 is 10.2 Å². The molecule has 1 atom stereocenters. The van der Waals surface area contributed by atoms with Crippen LogP contribution < -0.4 is 5.32 Å². The maximum atomic E-state index is 12.7. The Bertz CT molecular complexity index is 382. The van der Waals surface area contributed by atoms with Crippen LogP contribution in [0.15, 0.2) is 0 Å². The van der Waals surface area contributed by atoms with Crippen LogP contribution in [0.2, 0.25) is 0 Å². The summed E-state index contributed by atoms with van der Waals surface area (Å²) in [6, 6.07) is 0.0832. The van der Waals surface area contributed by atoms with Crippen LogP contribution in [0.1, 0.15) is 47.0 Å². The molecule has 0 spiro atoms. The van der Waals surface area contributed by atoms with E-state index in [1.165, 1.54) is 4.31 Å². The molecule has 1 N–H and O–H groups in total. The second kappa shape index (κ2) is 7.73. The molecular formula is C14H31N3O2S. The fraction of sp³-hybridized carbons (Fsp3) is 1.00. The first kappa shape index (κ1) is 17.9. The molecule has 1 saturated heterocycles. The number of hydrogen-bond acceptors (Lipinski definition) is 3. The maximum absolute atomic E-state index is 12.7. The summed E-state index contributed by atoms with van der Waals surface area (Å²) >= 11 is 0. The molecule has 1 aliphatic heterocycles. The molecule has 0 aromatic heterocycles. The number of nitrogens with zero attached hydrogens (tertiary/aromatic N) is 2. The van der Waals surface area contributed by atoms with E-state index in [-0.39, 0.29) is 12.1 Å². The molecule has 0 radical (unpaired) electrons. The molecule has 0 bridgehead atoms. The van der Waals surface area contributed by atoms with Crippen LogP contribution in [0, 0.1) is 5.92 Å². The molecule has 0 aromatic rings. The minimum Gasteiger partial charge on any atom is -0.315 e. The molecule has 0 aliphatic carbocycles. The van der Waals surface area contributed by atoms with Crippen LogP contribution in [-0.4, -0.2) is 55.8 Å². The maximum Gasteiger partial charge on any atom is 0.282 e. The Morgan fingerprint density at radius 2 is 1.90 bits per heavy atom. The number of rotatable bonds is 7. The third-order valence-corrected chi connectivity index (χ3v) is 6.12. The molecular weight excluding hydrogens is 274 g/mol. The summed E-state index contributed by atoms with van der Waals surface area (Å²) in [6.45, 7) is 10.5. The van der Waals surface area contributed by atoms with Crippen molar-refractivity contribution in [3.63, 3.8) is 0 Å². The van der Waals surface area contributed by atoms with Gasteiger partial charge < -0.3 is 5.32 Å². The number of nitrogens with one attached hydrogen (secondary N) is 1. The van der Waals surface area contributed by atoms with Gasteiger partial charge in [-0.05, 0) is 39.2 Å². The monoisotopic (exact) mass is 305 g/mol. The average Bonchev–Trinajstić information content (AvgIpc) is 2.37. The van der Waals surface area contributed by atoms with E-state index >= 15 is 0 Å². The zero-order valence-electron chi connectivity index (χ0n) is 13.6. The first-order valence-electron chi connectivity index (χ1n) is 7.72. The molecule has 1 unspecified atom stereocenters. The van der Waals surface area contributed by atoms with Gasteiger partial charge in [-0.2, -0.15) is 17.0 Å². The number of hydrogen-bond donors (Lipinski definition) is 1. The van der Waals surface area contributed by atoms with Gasteiger partial charge in [-0.3, -0.25) is 0 Å². The Morgan fingerprint density at radius 3 is 2.45 bits per heavy atom. The first-order valence-corrected chi connectivity index (χ1v) is 9.12. The zero-order valence-corrected chi connectivity index (χ0v) is 14.4. The Balaban J connectivity index is 2.73. The predicted molar refractivity (Wildman–Crippen MR) is 83.9 cm³/mol. The van der Waals surface area contributed by atoms with Crippen LogP contribution >= 0.6 is 0 Å². The lowest BCUT2D eigenvalue weighted by Crippen LogP contribution is -2.54. The van der Waals surface area contributed by atoms with Gasteiger partial charge in [0, 0.05) is 32.2 Å². The van der Waals surface area contributed by atoms with Crippen molar-refractivity contribution in [2.75, 3.05) is 26.7 Å². The van der Waals surface area contributed by atoms with E-state index in [2.05, 4.69) is 19.2 Å². The second-order valence-electron chi connectivity index (χ2n) is 6.43. The standard InChI is InChI=1S/C14H31N3O2S/c1-12(2)10-15-11-14-8-6-7-9-17(14)20(18,19)16(5)13(3)4/h12-15H,6-11H2,1-5H3. The summed E-state index contributed by atoms with van der Waals surface area (Å²) in [6.07, 6.45) is 3.04. The first-order chi connectivity index (χ1) is 9.26. The Hall–Kier alpha value is -0.170. The molecule has 5 nitrogen and oxygen atoms in total. The van der Waals surface area contributed by atoms with Crippen LogP contribution in [0.5, 0.6) is 0 Å². The largest absolute Gasteiger partial charge is 0.315 e. The van der Waals surface area contributed by atoms with Crippen molar-refractivity contribution in [3.8, 4) is 0 Å². The fourth-order valence-electron chi connectivity index (χ4n) is 2.45. The Morgan fingerprint density at radius 1 is 1.25 bits per heavy atom. The van der Waals surface area contributed by atoms with Crippen LogP contribution in [0.3, 0.4) is 0 Å². The van der Waals surface area contributed by atoms with Gasteiger partial charge in [0.05, 0.1) is 0 Å². The van der Waals surface area contributed by atoms with Crippen molar-refractivity contribution in [3.05, 3.63) is 0 Å². The summed E-state index contributed by atoms with van der Waals surface area (Å²) < 4.78 is 28.5. The summed E-state index contributed by atoms with van der Waals surface area (Å²) in [7, 11) is -1.66. The van der Waals surface area contributed by atoms with Crippen LogP contribution in [-0.2, 0) is 10.2 Å². The normalized spacial score (nSPS) is 22.1. The summed E-state index contributed by atoms with van der Waals surface area (Å²) in [5, 5.41) is 3.40. The molecule has 1 heterocycles. The van der Waals surface area contributed by atoms with E-state index in [1.54, 1.807) is 11.4 Å². The zero-order chi connectivity index (χ0) is 15.3. The second-order valence-corrected chi connectivity index (χ2v) is 8.37. The molecule has 1 rings (SSSR count). The molecule has 0 aromatic carbocycles. The highest BCUT2D eigenvalue weighted by molar-refractivity contribution is 7.86. The minimum atomic E-state index is -3.33. The van der Waals surface area contributed by atoms with E-state index in [9.17, 15) is 8.42 Å². The van der Waals surface area contributed by atoms with E-state index in [0.717, 1.165) is 32.4 Å². The lowest BCUT2D eigenvalue weighted by Gasteiger charge is -2.38. The van der Waals surface area contributed by atoms with Crippen molar-refractivity contribution in [2.45, 2.75) is 59.0 Å². The van der Waals surface area contributed by atoms with E-state index < -0.39 is 10.2 Å². The van der Waals surface area contributed by atoms with Gasteiger partial charge >= 0.3 is 0 Å². The highest BCUT2D eigenvalue weighted by Crippen LogP contribution is 2.22. The molecule has 0 amide bonds. The van der Waals surface area contributed by atoms with Gasteiger partial charge in [0.2, 0.25) is 0 Å².